The molecular weight excluding hydrogens is 304 g/mol. The van der Waals surface area contributed by atoms with E-state index in [1.807, 2.05) is 32.0 Å². The van der Waals surface area contributed by atoms with Crippen LogP contribution in [0.1, 0.15) is 34.0 Å². The number of carbonyl (C=O) groups excluding carboxylic acids is 2. The molecule has 1 N–H and O–H groups in total. The summed E-state index contributed by atoms with van der Waals surface area (Å²) in [6.45, 7) is 5.18. The number of nitriles is 1. The van der Waals surface area contributed by atoms with Crippen LogP contribution in [0.4, 0.5) is 5.69 Å². The molecule has 2 aromatic carbocycles. The minimum Gasteiger partial charge on any atom is -0.449 e. The summed E-state index contributed by atoms with van der Waals surface area (Å²) in [4.78, 5) is 24.5. The van der Waals surface area contributed by atoms with Gasteiger partial charge in [0, 0.05) is 0 Å². The van der Waals surface area contributed by atoms with Crippen LogP contribution in [0, 0.1) is 25.2 Å². The lowest BCUT2D eigenvalue weighted by Gasteiger charge is -2.15. The summed E-state index contributed by atoms with van der Waals surface area (Å²) in [5, 5.41) is 11.6. The van der Waals surface area contributed by atoms with Gasteiger partial charge in [0.15, 0.2) is 6.10 Å². The topological polar surface area (TPSA) is 79.2 Å². The monoisotopic (exact) mass is 322 g/mol. The standard InChI is InChI=1S/C19H18N2O3/c1-12-8-9-13(2)16(10-12)19(23)24-14(3)18(22)21-17-7-5-4-6-15(17)11-20/h4-10,14H,1-3H3,(H,21,22)/t14-/m0/s1. The Bertz CT molecular complexity index is 822. The highest BCUT2D eigenvalue weighted by Crippen LogP contribution is 2.16. The minimum atomic E-state index is -0.982. The fourth-order valence-electron chi connectivity index (χ4n) is 2.16. The Kier molecular flexibility index (Phi) is 5.33. The van der Waals surface area contributed by atoms with Crippen LogP contribution in [0.3, 0.4) is 0 Å². The van der Waals surface area contributed by atoms with Gasteiger partial charge in [0.1, 0.15) is 6.07 Å². The second-order valence-electron chi connectivity index (χ2n) is 5.51. The van der Waals surface area contributed by atoms with Crippen LogP contribution >= 0.6 is 0 Å². The van der Waals surface area contributed by atoms with Gasteiger partial charge in [-0.05, 0) is 44.5 Å². The quantitative estimate of drug-likeness (QED) is 0.875. The number of hydrogen-bond donors (Lipinski definition) is 1. The van der Waals surface area contributed by atoms with E-state index < -0.39 is 18.0 Å². The Balaban J connectivity index is 2.07. The van der Waals surface area contributed by atoms with Crippen molar-refractivity contribution in [2.75, 3.05) is 5.32 Å². The fourth-order valence-corrected chi connectivity index (χ4v) is 2.16. The molecule has 122 valence electrons. The maximum absolute atomic E-state index is 12.3. The number of amides is 1. The van der Waals surface area contributed by atoms with E-state index in [-0.39, 0.29) is 0 Å². The van der Waals surface area contributed by atoms with Crippen molar-refractivity contribution in [2.45, 2.75) is 26.9 Å². The largest absolute Gasteiger partial charge is 0.449 e. The van der Waals surface area contributed by atoms with E-state index in [0.717, 1.165) is 11.1 Å². The molecule has 0 aliphatic carbocycles. The summed E-state index contributed by atoms with van der Waals surface area (Å²) in [6, 6.07) is 14.1. The Morgan fingerprint density at radius 3 is 2.58 bits per heavy atom. The second-order valence-corrected chi connectivity index (χ2v) is 5.51. The SMILES string of the molecule is Cc1ccc(C)c(C(=O)O[C@@H](C)C(=O)Nc2ccccc2C#N)c1. The number of benzene rings is 2. The van der Waals surface area contributed by atoms with Crippen molar-refractivity contribution in [2.24, 2.45) is 0 Å². The number of anilines is 1. The van der Waals surface area contributed by atoms with Gasteiger partial charge >= 0.3 is 5.97 Å². The molecule has 0 spiro atoms. The first kappa shape index (κ1) is 17.2. The molecule has 0 unspecified atom stereocenters. The lowest BCUT2D eigenvalue weighted by molar-refractivity contribution is -0.123. The van der Waals surface area contributed by atoms with Crippen molar-refractivity contribution < 1.29 is 14.3 Å². The Labute approximate surface area is 140 Å². The van der Waals surface area contributed by atoms with Gasteiger partial charge in [-0.3, -0.25) is 4.79 Å². The zero-order chi connectivity index (χ0) is 17.7. The van der Waals surface area contributed by atoms with Gasteiger partial charge in [-0.1, -0.05) is 29.8 Å². The number of nitrogens with one attached hydrogen (secondary N) is 1. The van der Waals surface area contributed by atoms with Crippen LogP contribution in [0.2, 0.25) is 0 Å². The third kappa shape index (κ3) is 3.99. The highest BCUT2D eigenvalue weighted by molar-refractivity contribution is 5.98. The normalized spacial score (nSPS) is 11.2. The molecule has 0 aliphatic rings. The third-order valence-corrected chi connectivity index (χ3v) is 3.57. The molecule has 2 rings (SSSR count). The van der Waals surface area contributed by atoms with Crippen molar-refractivity contribution in [3.63, 3.8) is 0 Å². The van der Waals surface area contributed by atoms with Gasteiger partial charge in [0.25, 0.3) is 5.91 Å². The van der Waals surface area contributed by atoms with E-state index in [9.17, 15) is 9.59 Å². The Morgan fingerprint density at radius 1 is 1.17 bits per heavy atom. The van der Waals surface area contributed by atoms with Gasteiger partial charge < -0.3 is 10.1 Å². The molecule has 0 heterocycles. The molecule has 0 bridgehead atoms. The van der Waals surface area contributed by atoms with E-state index in [4.69, 9.17) is 10.00 Å². The predicted octanol–water partition coefficient (Wildman–Crippen LogP) is 3.36. The minimum absolute atomic E-state index is 0.346. The van der Waals surface area contributed by atoms with Crippen molar-refractivity contribution in [1.82, 2.24) is 0 Å². The lowest BCUT2D eigenvalue weighted by Crippen LogP contribution is -2.30. The fraction of sp³-hybridized carbons (Fsp3) is 0.211. The highest BCUT2D eigenvalue weighted by atomic mass is 16.5. The summed E-state index contributed by atoms with van der Waals surface area (Å²) in [5.41, 5.74) is 2.89. The zero-order valence-corrected chi connectivity index (χ0v) is 13.8. The van der Waals surface area contributed by atoms with Crippen LogP contribution in [0.5, 0.6) is 0 Å². The molecule has 1 atom stereocenters. The molecular formula is C19H18N2O3. The molecule has 5 nitrogen and oxygen atoms in total. The number of esters is 1. The third-order valence-electron chi connectivity index (χ3n) is 3.57. The summed E-state index contributed by atoms with van der Waals surface area (Å²) in [7, 11) is 0. The number of para-hydroxylation sites is 1. The van der Waals surface area contributed by atoms with Crippen molar-refractivity contribution >= 4 is 17.6 Å². The number of ether oxygens (including phenoxy) is 1. The van der Waals surface area contributed by atoms with Crippen molar-refractivity contribution in [3.8, 4) is 6.07 Å². The number of aryl methyl sites for hydroxylation is 2. The van der Waals surface area contributed by atoms with Crippen molar-refractivity contribution in [1.29, 1.82) is 5.26 Å². The molecule has 0 saturated heterocycles. The molecule has 5 heteroatoms. The highest BCUT2D eigenvalue weighted by Gasteiger charge is 2.21. The molecule has 24 heavy (non-hydrogen) atoms. The van der Waals surface area contributed by atoms with Crippen LogP contribution in [-0.2, 0) is 9.53 Å². The molecule has 0 fully saturated rings. The number of carbonyl (C=O) groups is 2. The van der Waals surface area contributed by atoms with Gasteiger partial charge in [0.05, 0.1) is 16.8 Å². The summed E-state index contributed by atoms with van der Waals surface area (Å²) >= 11 is 0. The zero-order valence-electron chi connectivity index (χ0n) is 13.8. The summed E-state index contributed by atoms with van der Waals surface area (Å²) < 4.78 is 5.25. The van der Waals surface area contributed by atoms with Gasteiger partial charge in [-0.25, -0.2) is 4.79 Å². The number of hydrogen-bond acceptors (Lipinski definition) is 4. The first-order chi connectivity index (χ1) is 11.4. The average molecular weight is 322 g/mol. The van der Waals surface area contributed by atoms with Crippen LogP contribution in [0.25, 0.3) is 0 Å². The van der Waals surface area contributed by atoms with Crippen LogP contribution < -0.4 is 5.32 Å². The summed E-state index contributed by atoms with van der Waals surface area (Å²) in [5.74, 6) is -1.04. The Morgan fingerprint density at radius 2 is 1.88 bits per heavy atom. The van der Waals surface area contributed by atoms with Crippen molar-refractivity contribution in [3.05, 3.63) is 64.7 Å². The first-order valence-corrected chi connectivity index (χ1v) is 7.50. The average Bonchev–Trinajstić information content (AvgIpc) is 2.57. The van der Waals surface area contributed by atoms with Gasteiger partial charge in [0.2, 0.25) is 0 Å². The lowest BCUT2D eigenvalue weighted by atomic mass is 10.1. The van der Waals surface area contributed by atoms with Gasteiger partial charge in [-0.2, -0.15) is 5.26 Å². The molecule has 2 aromatic rings. The van der Waals surface area contributed by atoms with E-state index in [1.165, 1.54) is 6.92 Å². The molecule has 0 aliphatic heterocycles. The number of nitrogens with zero attached hydrogens (tertiary/aromatic N) is 1. The van der Waals surface area contributed by atoms with Crippen LogP contribution in [-0.4, -0.2) is 18.0 Å². The molecule has 0 aromatic heterocycles. The summed E-state index contributed by atoms with van der Waals surface area (Å²) in [6.07, 6.45) is -0.982. The van der Waals surface area contributed by atoms with E-state index >= 15 is 0 Å². The predicted molar refractivity (Wildman–Crippen MR) is 90.6 cm³/mol. The Hall–Kier alpha value is -3.13. The molecule has 0 saturated carbocycles. The van der Waals surface area contributed by atoms with E-state index in [0.29, 0.717) is 16.8 Å². The smallest absolute Gasteiger partial charge is 0.339 e. The van der Waals surface area contributed by atoms with E-state index in [1.54, 1.807) is 30.3 Å². The molecule has 1 amide bonds. The first-order valence-electron chi connectivity index (χ1n) is 7.50. The maximum Gasteiger partial charge on any atom is 0.339 e. The maximum atomic E-state index is 12.3. The van der Waals surface area contributed by atoms with Crippen LogP contribution in [0.15, 0.2) is 42.5 Å². The second kappa shape index (κ2) is 7.42. The molecule has 0 radical (unpaired) electrons. The number of rotatable bonds is 4. The van der Waals surface area contributed by atoms with E-state index in [2.05, 4.69) is 5.32 Å². The van der Waals surface area contributed by atoms with Gasteiger partial charge in [-0.15, -0.1) is 0 Å².